The summed E-state index contributed by atoms with van der Waals surface area (Å²) < 4.78 is 0.589. The second-order valence-corrected chi connectivity index (χ2v) is 4.79. The molecule has 0 aliphatic rings. The molecule has 1 aromatic rings. The van der Waals surface area contributed by atoms with E-state index in [9.17, 15) is 10.2 Å². The van der Waals surface area contributed by atoms with Crippen LogP contribution >= 0.6 is 28.3 Å². The lowest BCUT2D eigenvalue weighted by molar-refractivity contribution is 0.0969. The van der Waals surface area contributed by atoms with Crippen LogP contribution in [-0.2, 0) is 0 Å². The van der Waals surface area contributed by atoms with Gasteiger partial charge in [0.25, 0.3) is 0 Å². The molecule has 0 aliphatic heterocycles. The molecule has 0 saturated carbocycles. The Balaban J connectivity index is 0.00000225. The van der Waals surface area contributed by atoms with Crippen molar-refractivity contribution in [2.24, 2.45) is 11.7 Å². The lowest BCUT2D eigenvalue weighted by Crippen LogP contribution is -2.30. The monoisotopic (exact) mass is 309 g/mol. The van der Waals surface area contributed by atoms with Crippen LogP contribution in [0.5, 0.6) is 5.75 Å². The predicted octanol–water partition coefficient (Wildman–Crippen LogP) is 2.59. The van der Waals surface area contributed by atoms with Crippen molar-refractivity contribution in [3.63, 3.8) is 0 Å². The topological polar surface area (TPSA) is 66.5 Å². The fraction of sp³-hybridized carbons (Fsp3) is 0.455. The summed E-state index contributed by atoms with van der Waals surface area (Å²) in [4.78, 5) is 0. The Labute approximate surface area is 110 Å². The van der Waals surface area contributed by atoms with Gasteiger partial charge in [0.2, 0.25) is 0 Å². The molecule has 0 aliphatic carbocycles. The molecule has 0 fully saturated rings. The number of para-hydroxylation sites is 1. The number of aliphatic hydroxyl groups is 1. The molecular formula is C11H17BrClNO2. The van der Waals surface area contributed by atoms with Gasteiger partial charge < -0.3 is 15.9 Å². The summed E-state index contributed by atoms with van der Waals surface area (Å²) in [7, 11) is 0. The van der Waals surface area contributed by atoms with E-state index in [-0.39, 0.29) is 24.1 Å². The summed E-state index contributed by atoms with van der Waals surface area (Å²) >= 11 is 3.21. The Morgan fingerprint density at radius 2 is 1.88 bits per heavy atom. The Bertz CT molecular complexity index is 347. The second kappa shape index (κ2) is 6.45. The van der Waals surface area contributed by atoms with Crippen LogP contribution in [0.15, 0.2) is 22.7 Å². The molecular weight excluding hydrogens is 293 g/mol. The van der Waals surface area contributed by atoms with Crippen LogP contribution < -0.4 is 5.73 Å². The molecule has 0 heterocycles. The number of rotatable bonds is 3. The molecule has 4 N–H and O–H groups in total. The molecule has 0 aromatic heterocycles. The van der Waals surface area contributed by atoms with E-state index in [1.165, 1.54) is 0 Å². The van der Waals surface area contributed by atoms with Gasteiger partial charge in [0.05, 0.1) is 16.6 Å². The molecule has 0 spiro atoms. The Hall–Kier alpha value is -0.290. The number of benzene rings is 1. The first-order valence-corrected chi connectivity index (χ1v) is 5.65. The summed E-state index contributed by atoms with van der Waals surface area (Å²) in [5.74, 6) is 0.156. The van der Waals surface area contributed by atoms with E-state index in [1.807, 2.05) is 13.8 Å². The van der Waals surface area contributed by atoms with E-state index < -0.39 is 12.1 Å². The van der Waals surface area contributed by atoms with Crippen molar-refractivity contribution in [1.82, 2.24) is 0 Å². The molecule has 0 unspecified atom stereocenters. The molecule has 0 saturated heterocycles. The highest BCUT2D eigenvalue weighted by Crippen LogP contribution is 2.33. The third-order valence-electron chi connectivity index (χ3n) is 2.43. The van der Waals surface area contributed by atoms with Crippen molar-refractivity contribution in [2.75, 3.05) is 0 Å². The first-order chi connectivity index (χ1) is 6.95. The SMILES string of the molecule is CC(C)[C@H](O)[C@H](N)c1cccc(Br)c1O.Cl. The van der Waals surface area contributed by atoms with Crippen LogP contribution in [0.3, 0.4) is 0 Å². The lowest BCUT2D eigenvalue weighted by Gasteiger charge is -2.23. The van der Waals surface area contributed by atoms with E-state index in [1.54, 1.807) is 18.2 Å². The van der Waals surface area contributed by atoms with Crippen LogP contribution in [0.2, 0.25) is 0 Å². The van der Waals surface area contributed by atoms with Crippen LogP contribution in [0, 0.1) is 5.92 Å². The Morgan fingerprint density at radius 1 is 1.31 bits per heavy atom. The van der Waals surface area contributed by atoms with Crippen LogP contribution in [0.25, 0.3) is 0 Å². The highest BCUT2D eigenvalue weighted by atomic mass is 79.9. The average molecular weight is 311 g/mol. The van der Waals surface area contributed by atoms with Gasteiger partial charge in [0.15, 0.2) is 0 Å². The van der Waals surface area contributed by atoms with Crippen LogP contribution in [0.4, 0.5) is 0 Å². The van der Waals surface area contributed by atoms with Gasteiger partial charge in [-0.3, -0.25) is 0 Å². The molecule has 0 radical (unpaired) electrons. The average Bonchev–Trinajstić information content (AvgIpc) is 2.20. The van der Waals surface area contributed by atoms with E-state index >= 15 is 0 Å². The zero-order valence-electron chi connectivity index (χ0n) is 9.22. The maximum atomic E-state index is 9.81. The minimum atomic E-state index is -0.662. The van der Waals surface area contributed by atoms with Gasteiger partial charge >= 0.3 is 0 Å². The van der Waals surface area contributed by atoms with E-state index in [2.05, 4.69) is 15.9 Å². The molecule has 1 rings (SSSR count). The molecule has 16 heavy (non-hydrogen) atoms. The van der Waals surface area contributed by atoms with E-state index in [4.69, 9.17) is 5.73 Å². The summed E-state index contributed by atoms with van der Waals surface area (Å²) in [6.07, 6.45) is -0.662. The minimum absolute atomic E-state index is 0. The normalized spacial score (nSPS) is 14.4. The lowest BCUT2D eigenvalue weighted by atomic mass is 9.94. The van der Waals surface area contributed by atoms with Crippen LogP contribution in [-0.4, -0.2) is 16.3 Å². The fourth-order valence-electron chi connectivity index (χ4n) is 1.40. The zero-order valence-corrected chi connectivity index (χ0v) is 11.6. The van der Waals surface area contributed by atoms with E-state index in [0.717, 1.165) is 0 Å². The van der Waals surface area contributed by atoms with E-state index in [0.29, 0.717) is 10.0 Å². The number of aliphatic hydroxyl groups excluding tert-OH is 1. The van der Waals surface area contributed by atoms with Crippen molar-refractivity contribution < 1.29 is 10.2 Å². The Morgan fingerprint density at radius 3 is 2.38 bits per heavy atom. The number of halogens is 2. The number of phenolic OH excluding ortho intramolecular Hbond substituents is 1. The number of aromatic hydroxyl groups is 1. The second-order valence-electron chi connectivity index (χ2n) is 3.94. The third-order valence-corrected chi connectivity index (χ3v) is 3.07. The van der Waals surface area contributed by atoms with Gasteiger partial charge in [0, 0.05) is 5.56 Å². The molecule has 1 aromatic carbocycles. The van der Waals surface area contributed by atoms with Gasteiger partial charge in [-0.1, -0.05) is 26.0 Å². The number of hydrogen-bond donors (Lipinski definition) is 3. The largest absolute Gasteiger partial charge is 0.506 e. The van der Waals surface area contributed by atoms with Crippen molar-refractivity contribution in [3.05, 3.63) is 28.2 Å². The molecule has 3 nitrogen and oxygen atoms in total. The summed E-state index contributed by atoms with van der Waals surface area (Å²) in [5, 5.41) is 19.6. The third kappa shape index (κ3) is 3.35. The summed E-state index contributed by atoms with van der Waals surface area (Å²) in [6, 6.07) is 4.66. The van der Waals surface area contributed by atoms with Crippen molar-refractivity contribution in [2.45, 2.75) is 26.0 Å². The van der Waals surface area contributed by atoms with Gasteiger partial charge in [-0.25, -0.2) is 0 Å². The summed E-state index contributed by atoms with van der Waals surface area (Å²) in [5.41, 5.74) is 6.44. The van der Waals surface area contributed by atoms with Gasteiger partial charge in [0.1, 0.15) is 5.75 Å². The maximum absolute atomic E-state index is 9.81. The molecule has 5 heteroatoms. The Kier molecular flexibility index (Phi) is 6.33. The smallest absolute Gasteiger partial charge is 0.134 e. The highest BCUT2D eigenvalue weighted by molar-refractivity contribution is 9.10. The number of nitrogens with two attached hydrogens (primary N) is 1. The molecule has 0 bridgehead atoms. The highest BCUT2D eigenvalue weighted by Gasteiger charge is 2.23. The van der Waals surface area contributed by atoms with Gasteiger partial charge in [-0.2, -0.15) is 0 Å². The van der Waals surface area contributed by atoms with Crippen LogP contribution in [0.1, 0.15) is 25.5 Å². The number of phenols is 1. The molecule has 0 amide bonds. The van der Waals surface area contributed by atoms with Gasteiger partial charge in [-0.15, -0.1) is 12.4 Å². The zero-order chi connectivity index (χ0) is 11.6. The summed E-state index contributed by atoms with van der Waals surface area (Å²) in [6.45, 7) is 3.78. The maximum Gasteiger partial charge on any atom is 0.134 e. The van der Waals surface area contributed by atoms with Crippen molar-refractivity contribution in [3.8, 4) is 5.75 Å². The first-order valence-electron chi connectivity index (χ1n) is 4.86. The predicted molar refractivity (Wildman–Crippen MR) is 70.8 cm³/mol. The minimum Gasteiger partial charge on any atom is -0.506 e. The first kappa shape index (κ1) is 15.7. The standard InChI is InChI=1S/C11H16BrNO2.ClH/c1-6(2)10(14)9(13)7-4-3-5-8(12)11(7)15;/h3-6,9-10,14-15H,13H2,1-2H3;1H/t9-,10+;/m1./s1. The van der Waals surface area contributed by atoms with Crippen molar-refractivity contribution >= 4 is 28.3 Å². The fourth-order valence-corrected chi connectivity index (χ4v) is 1.78. The van der Waals surface area contributed by atoms with Crippen molar-refractivity contribution in [1.29, 1.82) is 0 Å². The molecule has 92 valence electrons. The quantitative estimate of drug-likeness (QED) is 0.804. The molecule has 2 atom stereocenters. The number of hydrogen-bond acceptors (Lipinski definition) is 3. The van der Waals surface area contributed by atoms with Gasteiger partial charge in [-0.05, 0) is 27.9 Å².